The molecule has 80 valence electrons. The Kier molecular flexibility index (Phi) is 4.77. The van der Waals surface area contributed by atoms with Crippen LogP contribution >= 0.6 is 7.60 Å². The minimum atomic E-state index is -4.20. The van der Waals surface area contributed by atoms with Gasteiger partial charge >= 0.3 is 13.6 Å². The van der Waals surface area contributed by atoms with Gasteiger partial charge in [0.15, 0.2) is 0 Å². The Morgan fingerprint density at radius 1 is 1.57 bits per heavy atom. The maximum absolute atomic E-state index is 11.0. The first kappa shape index (κ1) is 13.1. The lowest BCUT2D eigenvalue weighted by Crippen LogP contribution is -2.07. The average molecular weight is 220 g/mol. The fourth-order valence-corrected chi connectivity index (χ4v) is 1.24. The van der Waals surface area contributed by atoms with E-state index in [-0.39, 0.29) is 11.3 Å². The monoisotopic (exact) mass is 220 g/mol. The van der Waals surface area contributed by atoms with Crippen LogP contribution in [0, 0.1) is 0 Å². The Hall–Kier alpha value is -0.900. The average Bonchev–Trinajstić information content (AvgIpc) is 2.00. The zero-order valence-corrected chi connectivity index (χ0v) is 8.95. The van der Waals surface area contributed by atoms with Crippen molar-refractivity contribution in [1.29, 1.82) is 0 Å². The highest BCUT2D eigenvalue weighted by Gasteiger charge is 2.18. The van der Waals surface area contributed by atoms with Crippen LogP contribution in [0.15, 0.2) is 24.0 Å². The van der Waals surface area contributed by atoms with Crippen molar-refractivity contribution in [3.8, 4) is 0 Å². The molecule has 0 bridgehead atoms. The summed E-state index contributed by atoms with van der Waals surface area (Å²) in [4.78, 5) is 28.2. The first-order valence-electron chi connectivity index (χ1n) is 3.83. The number of carbonyl (C=O) groups is 1. The molecule has 0 aromatic heterocycles. The smallest absolute Gasteiger partial charge is 0.338 e. The van der Waals surface area contributed by atoms with Crippen molar-refractivity contribution in [3.63, 3.8) is 0 Å². The molecule has 0 saturated heterocycles. The summed E-state index contributed by atoms with van der Waals surface area (Å²) in [7, 11) is -4.20. The quantitative estimate of drug-likeness (QED) is 0.321. The molecule has 0 amide bonds. The van der Waals surface area contributed by atoms with Gasteiger partial charge in [-0.05, 0) is 19.9 Å². The van der Waals surface area contributed by atoms with Crippen molar-refractivity contribution in [1.82, 2.24) is 0 Å². The molecule has 5 nitrogen and oxygen atoms in total. The topological polar surface area (TPSA) is 83.8 Å². The SMILES string of the molecule is C=C(C)C(=O)OC(=CC)CP(=O)(O)O. The maximum atomic E-state index is 11.0. The number of hydrogen-bond donors (Lipinski definition) is 2. The highest BCUT2D eigenvalue weighted by Crippen LogP contribution is 2.36. The highest BCUT2D eigenvalue weighted by atomic mass is 31.2. The summed E-state index contributed by atoms with van der Waals surface area (Å²) >= 11 is 0. The van der Waals surface area contributed by atoms with E-state index in [0.29, 0.717) is 0 Å². The molecule has 0 aromatic rings. The summed E-state index contributed by atoms with van der Waals surface area (Å²) in [5.74, 6) is -0.738. The number of esters is 1. The number of ether oxygens (including phenoxy) is 1. The van der Waals surface area contributed by atoms with Crippen LogP contribution in [0.25, 0.3) is 0 Å². The molecular formula is C8H13O5P. The molecule has 0 fully saturated rings. The molecule has 0 aromatic carbocycles. The van der Waals surface area contributed by atoms with E-state index in [1.54, 1.807) is 0 Å². The van der Waals surface area contributed by atoms with E-state index in [1.807, 2.05) is 0 Å². The lowest BCUT2D eigenvalue weighted by atomic mass is 10.4. The molecule has 0 saturated carbocycles. The van der Waals surface area contributed by atoms with Gasteiger partial charge in [0.25, 0.3) is 0 Å². The van der Waals surface area contributed by atoms with Crippen LogP contribution in [0.4, 0.5) is 0 Å². The lowest BCUT2D eigenvalue weighted by Gasteiger charge is -2.08. The van der Waals surface area contributed by atoms with E-state index in [1.165, 1.54) is 19.9 Å². The molecule has 0 aliphatic carbocycles. The molecule has 0 aliphatic rings. The van der Waals surface area contributed by atoms with Gasteiger partial charge in [-0.2, -0.15) is 0 Å². The Morgan fingerprint density at radius 2 is 2.07 bits per heavy atom. The van der Waals surface area contributed by atoms with Gasteiger partial charge in [0.1, 0.15) is 11.9 Å². The van der Waals surface area contributed by atoms with Crippen LogP contribution in [0.1, 0.15) is 13.8 Å². The van der Waals surface area contributed by atoms with Crippen LogP contribution in [-0.2, 0) is 14.1 Å². The largest absolute Gasteiger partial charge is 0.427 e. The number of carbonyl (C=O) groups excluding carboxylic acids is 1. The fraction of sp³-hybridized carbons (Fsp3) is 0.375. The second-order valence-corrected chi connectivity index (χ2v) is 4.39. The maximum Gasteiger partial charge on any atom is 0.338 e. The zero-order chi connectivity index (χ0) is 11.4. The van der Waals surface area contributed by atoms with E-state index < -0.39 is 19.7 Å². The molecule has 0 unspecified atom stereocenters. The minimum absolute atomic E-state index is 0.0497. The van der Waals surface area contributed by atoms with Gasteiger partial charge in [-0.1, -0.05) is 6.58 Å². The second kappa shape index (κ2) is 5.10. The van der Waals surface area contributed by atoms with E-state index in [9.17, 15) is 9.36 Å². The second-order valence-electron chi connectivity index (χ2n) is 2.75. The molecule has 0 atom stereocenters. The standard InChI is InChI=1S/C8H13O5P/c1-4-7(5-14(10,11)12)13-8(9)6(2)3/h4H,2,5H2,1,3H3,(H2,10,11,12). The summed E-state index contributed by atoms with van der Waals surface area (Å²) in [5, 5.41) is 0. The van der Waals surface area contributed by atoms with Crippen LogP contribution in [0.3, 0.4) is 0 Å². The fourth-order valence-electron chi connectivity index (χ4n) is 0.592. The van der Waals surface area contributed by atoms with Gasteiger partial charge in [0.05, 0.1) is 0 Å². The van der Waals surface area contributed by atoms with Crippen LogP contribution in [-0.4, -0.2) is 21.9 Å². The zero-order valence-electron chi connectivity index (χ0n) is 8.06. The molecule has 14 heavy (non-hydrogen) atoms. The van der Waals surface area contributed by atoms with Crippen molar-refractivity contribution < 1.29 is 23.9 Å². The van der Waals surface area contributed by atoms with Crippen molar-refractivity contribution in [3.05, 3.63) is 24.0 Å². The molecule has 0 heterocycles. The van der Waals surface area contributed by atoms with Crippen LogP contribution in [0.5, 0.6) is 0 Å². The first-order valence-corrected chi connectivity index (χ1v) is 5.63. The van der Waals surface area contributed by atoms with Crippen LogP contribution in [0.2, 0.25) is 0 Å². The first-order chi connectivity index (χ1) is 6.26. The molecule has 2 N–H and O–H groups in total. The summed E-state index contributed by atoms with van der Waals surface area (Å²) in [5.41, 5.74) is 0.176. The molecule has 0 rings (SSSR count). The van der Waals surface area contributed by atoms with Crippen molar-refractivity contribution >= 4 is 13.6 Å². The van der Waals surface area contributed by atoms with Crippen molar-refractivity contribution in [2.75, 3.05) is 6.16 Å². The lowest BCUT2D eigenvalue weighted by molar-refractivity contribution is -0.134. The Bertz CT molecular complexity index is 312. The molecule has 0 spiro atoms. The summed E-state index contributed by atoms with van der Waals surface area (Å²) in [6.07, 6.45) is 0.752. The van der Waals surface area contributed by atoms with Gasteiger partial charge in [-0.3, -0.25) is 4.57 Å². The third-order valence-corrected chi connectivity index (χ3v) is 1.98. The third-order valence-electron chi connectivity index (χ3n) is 1.26. The van der Waals surface area contributed by atoms with E-state index in [2.05, 4.69) is 11.3 Å². The number of rotatable bonds is 4. The predicted octanol–water partition coefficient (Wildman–Crippen LogP) is 1.19. The van der Waals surface area contributed by atoms with Gasteiger partial charge in [-0.25, -0.2) is 4.79 Å². The highest BCUT2D eigenvalue weighted by molar-refractivity contribution is 7.52. The predicted molar refractivity (Wildman–Crippen MR) is 51.6 cm³/mol. The van der Waals surface area contributed by atoms with E-state index >= 15 is 0 Å². The minimum Gasteiger partial charge on any atom is -0.427 e. The molecule has 0 radical (unpaired) electrons. The number of allylic oxidation sites excluding steroid dienone is 2. The van der Waals surface area contributed by atoms with Crippen molar-refractivity contribution in [2.24, 2.45) is 0 Å². The Morgan fingerprint density at radius 3 is 2.36 bits per heavy atom. The molecule has 0 aliphatic heterocycles. The van der Waals surface area contributed by atoms with Gasteiger partial charge in [-0.15, -0.1) is 0 Å². The number of hydrogen-bond acceptors (Lipinski definition) is 3. The van der Waals surface area contributed by atoms with Crippen molar-refractivity contribution in [2.45, 2.75) is 13.8 Å². The summed E-state index contributed by atoms with van der Waals surface area (Å²) in [6, 6.07) is 0. The third kappa shape index (κ3) is 5.70. The van der Waals surface area contributed by atoms with E-state index in [0.717, 1.165) is 0 Å². The molecular weight excluding hydrogens is 207 g/mol. The van der Waals surface area contributed by atoms with Gasteiger partial charge < -0.3 is 14.5 Å². The Labute approximate surface area is 82.2 Å². The Balaban J connectivity index is 4.42. The van der Waals surface area contributed by atoms with E-state index in [4.69, 9.17) is 9.79 Å². The van der Waals surface area contributed by atoms with Gasteiger partial charge in [0, 0.05) is 5.57 Å². The normalized spacial score (nSPS) is 12.4. The summed E-state index contributed by atoms with van der Waals surface area (Å²) < 4.78 is 15.3. The summed E-state index contributed by atoms with van der Waals surface area (Å²) in [6.45, 7) is 6.32. The molecule has 6 heteroatoms. The van der Waals surface area contributed by atoms with Gasteiger partial charge in [0.2, 0.25) is 0 Å². The van der Waals surface area contributed by atoms with Crippen LogP contribution < -0.4 is 0 Å².